The van der Waals surface area contributed by atoms with E-state index < -0.39 is 10.8 Å². The van der Waals surface area contributed by atoms with Crippen molar-refractivity contribution in [2.75, 3.05) is 5.75 Å². The molecule has 8 nitrogen and oxygen atoms in total. The van der Waals surface area contributed by atoms with Crippen molar-refractivity contribution in [3.8, 4) is 5.88 Å². The van der Waals surface area contributed by atoms with E-state index in [9.17, 15) is 14.9 Å². The van der Waals surface area contributed by atoms with E-state index in [1.165, 1.54) is 23.9 Å². The van der Waals surface area contributed by atoms with E-state index in [-0.39, 0.29) is 23.0 Å². The summed E-state index contributed by atoms with van der Waals surface area (Å²) < 4.78 is 7.04. The van der Waals surface area contributed by atoms with Crippen LogP contribution in [0.3, 0.4) is 0 Å². The quantitative estimate of drug-likeness (QED) is 0.500. The Balaban J connectivity index is 1.92. The summed E-state index contributed by atoms with van der Waals surface area (Å²) in [5.74, 6) is 0.545. The van der Waals surface area contributed by atoms with Gasteiger partial charge in [0, 0.05) is 30.3 Å². The third-order valence-corrected chi connectivity index (χ3v) is 4.93. The fourth-order valence-corrected chi connectivity index (χ4v) is 3.83. The van der Waals surface area contributed by atoms with Crippen LogP contribution in [0.4, 0.5) is 5.69 Å². The maximum absolute atomic E-state index is 12.8. The van der Waals surface area contributed by atoms with Crippen molar-refractivity contribution in [2.45, 2.75) is 17.6 Å². The fraction of sp³-hybridized carbons (Fsp3) is 0.200. The molecule has 2 aliphatic heterocycles. The molecule has 0 saturated carbocycles. The Kier molecular flexibility index (Phi) is 3.31. The van der Waals surface area contributed by atoms with Crippen LogP contribution in [-0.4, -0.2) is 20.2 Å². The van der Waals surface area contributed by atoms with Crippen LogP contribution in [0.1, 0.15) is 17.0 Å². The second-order valence-corrected chi connectivity index (χ2v) is 6.48. The largest absolute Gasteiger partial charge is 0.423 e. The van der Waals surface area contributed by atoms with Gasteiger partial charge in [-0.25, -0.2) is 0 Å². The van der Waals surface area contributed by atoms with Crippen LogP contribution in [0, 0.1) is 10.1 Å². The number of thioether (sulfide) groups is 1. The topological polar surface area (TPSA) is 113 Å². The Morgan fingerprint density at radius 1 is 1.46 bits per heavy atom. The average Bonchev–Trinajstić information content (AvgIpc) is 3.02. The molecule has 0 saturated heterocycles. The van der Waals surface area contributed by atoms with Crippen molar-refractivity contribution in [2.24, 2.45) is 5.73 Å². The van der Waals surface area contributed by atoms with Gasteiger partial charge in [-0.3, -0.25) is 19.5 Å². The Hall–Kier alpha value is -2.81. The van der Waals surface area contributed by atoms with Crippen molar-refractivity contribution in [3.63, 3.8) is 0 Å². The summed E-state index contributed by atoms with van der Waals surface area (Å²) in [6, 6.07) is 6.15. The Morgan fingerprint density at radius 2 is 2.29 bits per heavy atom. The zero-order valence-corrected chi connectivity index (χ0v) is 13.2. The minimum absolute atomic E-state index is 0.0442. The summed E-state index contributed by atoms with van der Waals surface area (Å²) in [6.07, 6.45) is 1.58. The molecule has 0 radical (unpaired) electrons. The lowest BCUT2D eigenvalue weighted by atomic mass is 9.91. The molecule has 1 atom stereocenters. The fourth-order valence-electron chi connectivity index (χ4n) is 2.90. The summed E-state index contributed by atoms with van der Waals surface area (Å²) in [6.45, 7) is 0.583. The maximum atomic E-state index is 12.8. The third kappa shape index (κ3) is 2.24. The number of ether oxygens (including phenoxy) is 1. The zero-order chi connectivity index (χ0) is 16.8. The van der Waals surface area contributed by atoms with Crippen molar-refractivity contribution in [1.82, 2.24) is 9.55 Å². The smallest absolute Gasteiger partial charge is 0.269 e. The van der Waals surface area contributed by atoms with Crippen LogP contribution in [0.25, 0.3) is 0 Å². The van der Waals surface area contributed by atoms with Gasteiger partial charge in [0.25, 0.3) is 11.2 Å². The van der Waals surface area contributed by atoms with Crippen LogP contribution in [0.15, 0.2) is 46.2 Å². The molecule has 0 aliphatic carbocycles. The lowest BCUT2D eigenvalue weighted by molar-refractivity contribution is -0.384. The number of non-ortho nitro benzene ring substituents is 1. The van der Waals surface area contributed by atoms with Crippen LogP contribution in [-0.2, 0) is 6.54 Å². The van der Waals surface area contributed by atoms with E-state index in [0.717, 1.165) is 5.75 Å². The Bertz CT molecular complexity index is 953. The second-order valence-electron chi connectivity index (χ2n) is 5.42. The first-order chi connectivity index (χ1) is 11.5. The molecule has 1 unspecified atom stereocenters. The molecule has 2 aromatic rings. The number of allylic oxidation sites excluding steroid dienone is 1. The van der Waals surface area contributed by atoms with Crippen LogP contribution in [0.2, 0.25) is 0 Å². The molecule has 4 rings (SSSR count). The first-order valence-electron chi connectivity index (χ1n) is 7.21. The molecule has 1 aromatic heterocycles. The van der Waals surface area contributed by atoms with E-state index in [0.29, 0.717) is 22.8 Å². The number of aromatic nitrogens is 2. The summed E-state index contributed by atoms with van der Waals surface area (Å²) in [4.78, 5) is 27.8. The van der Waals surface area contributed by atoms with E-state index >= 15 is 0 Å². The standard InChI is InChI=1S/C15H12N4O4S/c16-11-7-10(8-2-1-3-9(6-8)19(21)22)12-13(23-11)17-15-18(14(12)20)4-5-24-15/h1-3,6-7,10H,4-5,16H2. The van der Waals surface area contributed by atoms with Crippen LogP contribution in [0.5, 0.6) is 5.88 Å². The molecule has 0 fully saturated rings. The Labute approximate surface area is 140 Å². The predicted molar refractivity (Wildman–Crippen MR) is 87.1 cm³/mol. The van der Waals surface area contributed by atoms with Crippen molar-refractivity contribution in [1.29, 1.82) is 0 Å². The van der Waals surface area contributed by atoms with Gasteiger partial charge in [0.15, 0.2) is 11.0 Å². The molecule has 0 spiro atoms. The van der Waals surface area contributed by atoms with E-state index in [4.69, 9.17) is 10.5 Å². The first-order valence-corrected chi connectivity index (χ1v) is 8.20. The van der Waals surface area contributed by atoms with Crippen molar-refractivity contribution in [3.05, 3.63) is 67.8 Å². The number of nitro benzene ring substituents is 1. The summed E-state index contributed by atoms with van der Waals surface area (Å²) in [7, 11) is 0. The number of hydrogen-bond acceptors (Lipinski definition) is 7. The lowest BCUT2D eigenvalue weighted by Gasteiger charge is -2.22. The van der Waals surface area contributed by atoms with E-state index in [1.54, 1.807) is 22.8 Å². The summed E-state index contributed by atoms with van der Waals surface area (Å²) in [5.41, 5.74) is 6.54. The predicted octanol–water partition coefficient (Wildman–Crippen LogP) is 1.58. The molecule has 0 amide bonds. The number of benzene rings is 1. The van der Waals surface area contributed by atoms with Crippen LogP contribution < -0.4 is 16.0 Å². The average molecular weight is 344 g/mol. The van der Waals surface area contributed by atoms with Gasteiger partial charge in [-0.15, -0.1) is 0 Å². The van der Waals surface area contributed by atoms with Crippen LogP contribution >= 0.6 is 11.8 Å². The highest BCUT2D eigenvalue weighted by molar-refractivity contribution is 7.99. The lowest BCUT2D eigenvalue weighted by Crippen LogP contribution is -2.30. The highest BCUT2D eigenvalue weighted by Gasteiger charge is 2.31. The Morgan fingerprint density at radius 3 is 3.08 bits per heavy atom. The monoisotopic (exact) mass is 344 g/mol. The first kappa shape index (κ1) is 14.8. The molecular formula is C15H12N4O4S. The number of fused-ring (bicyclic) bond motifs is 2. The van der Waals surface area contributed by atoms with Gasteiger partial charge in [0.05, 0.1) is 10.5 Å². The molecule has 2 aliphatic rings. The molecular weight excluding hydrogens is 332 g/mol. The molecule has 9 heteroatoms. The molecule has 122 valence electrons. The number of nitrogens with zero attached hydrogens (tertiary/aromatic N) is 3. The molecule has 1 aromatic carbocycles. The molecule has 2 N–H and O–H groups in total. The normalized spacial score (nSPS) is 18.3. The van der Waals surface area contributed by atoms with Gasteiger partial charge < -0.3 is 10.5 Å². The van der Waals surface area contributed by atoms with Gasteiger partial charge >= 0.3 is 0 Å². The molecule has 0 bridgehead atoms. The summed E-state index contributed by atoms with van der Waals surface area (Å²) in [5, 5.41) is 11.6. The van der Waals surface area contributed by atoms with Gasteiger partial charge in [-0.05, 0) is 11.6 Å². The van der Waals surface area contributed by atoms with Gasteiger partial charge in [0.1, 0.15) is 0 Å². The highest BCUT2D eigenvalue weighted by atomic mass is 32.2. The molecule has 24 heavy (non-hydrogen) atoms. The number of nitrogens with two attached hydrogens (primary N) is 1. The van der Waals surface area contributed by atoms with Gasteiger partial charge in [0.2, 0.25) is 5.88 Å². The summed E-state index contributed by atoms with van der Waals surface area (Å²) >= 11 is 1.48. The van der Waals surface area contributed by atoms with Crippen molar-refractivity contribution < 1.29 is 9.66 Å². The minimum Gasteiger partial charge on any atom is -0.423 e. The number of hydrogen-bond donors (Lipinski definition) is 1. The maximum Gasteiger partial charge on any atom is 0.269 e. The number of nitro groups is 1. The van der Waals surface area contributed by atoms with Gasteiger partial charge in [-0.1, -0.05) is 23.9 Å². The van der Waals surface area contributed by atoms with E-state index in [1.807, 2.05) is 0 Å². The highest BCUT2D eigenvalue weighted by Crippen LogP contribution is 2.37. The van der Waals surface area contributed by atoms with Crippen molar-refractivity contribution >= 4 is 17.4 Å². The third-order valence-electron chi connectivity index (χ3n) is 3.98. The number of rotatable bonds is 2. The minimum atomic E-state index is -0.531. The van der Waals surface area contributed by atoms with E-state index in [2.05, 4.69) is 4.98 Å². The SMILES string of the molecule is NC1=CC(c2cccc([N+](=O)[O-])c2)c2c(nc3n(c2=O)CCS3)O1. The molecule has 3 heterocycles. The second kappa shape index (κ2) is 5.38. The zero-order valence-electron chi connectivity index (χ0n) is 12.3. The van der Waals surface area contributed by atoms with Gasteiger partial charge in [-0.2, -0.15) is 4.98 Å².